The van der Waals surface area contributed by atoms with Crippen molar-refractivity contribution in [1.29, 1.82) is 0 Å². The lowest BCUT2D eigenvalue weighted by Crippen LogP contribution is -2.27. The predicted octanol–water partition coefficient (Wildman–Crippen LogP) is 2.93. The molecule has 17 heavy (non-hydrogen) atoms. The third-order valence-electron chi connectivity index (χ3n) is 2.17. The minimum absolute atomic E-state index is 0.0786. The van der Waals surface area contributed by atoms with Crippen LogP contribution in [0.1, 0.15) is 18.9 Å². The summed E-state index contributed by atoms with van der Waals surface area (Å²) in [6.07, 6.45) is -0.0786. The molecule has 0 bridgehead atoms. The summed E-state index contributed by atoms with van der Waals surface area (Å²) in [6, 6.07) is 5.11. The van der Waals surface area contributed by atoms with Gasteiger partial charge in [0.15, 0.2) is 0 Å². The van der Waals surface area contributed by atoms with E-state index in [0.29, 0.717) is 16.6 Å². The summed E-state index contributed by atoms with van der Waals surface area (Å²) in [7, 11) is 1.64. The summed E-state index contributed by atoms with van der Waals surface area (Å²) in [4.78, 5) is 23.9. The van der Waals surface area contributed by atoms with Crippen molar-refractivity contribution in [2.45, 2.75) is 19.9 Å². The summed E-state index contributed by atoms with van der Waals surface area (Å²) >= 11 is 11.7. The molecule has 0 spiro atoms. The lowest BCUT2D eigenvalue weighted by molar-refractivity contribution is -0.134. The van der Waals surface area contributed by atoms with Gasteiger partial charge < -0.3 is 4.90 Å². The van der Waals surface area contributed by atoms with Gasteiger partial charge in [-0.25, -0.2) is 0 Å². The normalized spacial score (nSPS) is 10.1. The summed E-state index contributed by atoms with van der Waals surface area (Å²) in [6.45, 7) is 1.77. The fraction of sp³-hybridized carbons (Fsp3) is 0.333. The molecule has 1 rings (SSSR count). The molecule has 0 aromatic heterocycles. The average Bonchev–Trinajstić information content (AvgIpc) is 2.14. The molecule has 0 unspecified atom stereocenters. The Morgan fingerprint density at radius 2 is 1.71 bits per heavy atom. The molecule has 0 atom stereocenters. The van der Waals surface area contributed by atoms with E-state index in [2.05, 4.69) is 0 Å². The second-order valence-electron chi connectivity index (χ2n) is 3.91. The first-order chi connectivity index (χ1) is 7.88. The molecule has 1 aromatic carbocycles. The van der Waals surface area contributed by atoms with Crippen LogP contribution in [0.4, 0.5) is 0 Å². The van der Waals surface area contributed by atoms with Crippen molar-refractivity contribution < 1.29 is 9.59 Å². The maximum absolute atomic E-state index is 11.6. The molecule has 3 nitrogen and oxygen atoms in total. The highest BCUT2D eigenvalue weighted by Crippen LogP contribution is 2.20. The maximum Gasteiger partial charge on any atom is 0.230 e. The van der Waals surface area contributed by atoms with Crippen LogP contribution in [-0.2, 0) is 16.1 Å². The first kappa shape index (κ1) is 14.0. The third kappa shape index (κ3) is 4.75. The van der Waals surface area contributed by atoms with Gasteiger partial charge in [0.1, 0.15) is 5.78 Å². The molecule has 0 saturated carbocycles. The molecule has 0 aliphatic carbocycles. The van der Waals surface area contributed by atoms with Gasteiger partial charge in [-0.2, -0.15) is 0 Å². The Bertz CT molecular complexity index is 426. The van der Waals surface area contributed by atoms with E-state index in [9.17, 15) is 9.59 Å². The third-order valence-corrected chi connectivity index (χ3v) is 2.60. The highest BCUT2D eigenvalue weighted by Gasteiger charge is 2.11. The molecule has 0 radical (unpaired) electrons. The largest absolute Gasteiger partial charge is 0.341 e. The Hall–Kier alpha value is -1.06. The van der Waals surface area contributed by atoms with Crippen molar-refractivity contribution in [2.24, 2.45) is 0 Å². The number of amides is 1. The van der Waals surface area contributed by atoms with Gasteiger partial charge in [0.05, 0.1) is 6.42 Å². The van der Waals surface area contributed by atoms with Crippen LogP contribution >= 0.6 is 23.2 Å². The Kier molecular flexibility index (Phi) is 4.97. The summed E-state index contributed by atoms with van der Waals surface area (Å²) in [5, 5.41) is 1.06. The van der Waals surface area contributed by atoms with Crippen LogP contribution in [0.25, 0.3) is 0 Å². The molecule has 5 heteroatoms. The zero-order valence-electron chi connectivity index (χ0n) is 9.67. The number of ketones is 1. The van der Waals surface area contributed by atoms with E-state index >= 15 is 0 Å². The fourth-order valence-electron chi connectivity index (χ4n) is 1.41. The van der Waals surface area contributed by atoms with E-state index in [-0.39, 0.29) is 18.1 Å². The highest BCUT2D eigenvalue weighted by atomic mass is 35.5. The lowest BCUT2D eigenvalue weighted by atomic mass is 10.2. The van der Waals surface area contributed by atoms with Crippen molar-refractivity contribution in [3.63, 3.8) is 0 Å². The van der Waals surface area contributed by atoms with Crippen molar-refractivity contribution in [3.05, 3.63) is 33.8 Å². The van der Waals surface area contributed by atoms with Gasteiger partial charge in [-0.1, -0.05) is 23.2 Å². The zero-order chi connectivity index (χ0) is 13.0. The van der Waals surface area contributed by atoms with Crippen LogP contribution in [0.3, 0.4) is 0 Å². The molecule has 1 amide bonds. The predicted molar refractivity (Wildman–Crippen MR) is 68.2 cm³/mol. The Balaban J connectivity index is 2.70. The topological polar surface area (TPSA) is 37.4 Å². The number of nitrogens with zero attached hydrogens (tertiary/aromatic N) is 1. The second-order valence-corrected chi connectivity index (χ2v) is 4.78. The molecule has 0 heterocycles. The number of Topliss-reactive ketones (excluding diaryl/α,β-unsaturated/α-hetero) is 1. The van der Waals surface area contributed by atoms with Crippen LogP contribution in [0.5, 0.6) is 0 Å². The molecule has 92 valence electrons. The van der Waals surface area contributed by atoms with Crippen molar-refractivity contribution in [1.82, 2.24) is 4.90 Å². The molecule has 0 aliphatic heterocycles. The van der Waals surface area contributed by atoms with Crippen LogP contribution in [0.2, 0.25) is 10.0 Å². The van der Waals surface area contributed by atoms with Crippen molar-refractivity contribution >= 4 is 34.9 Å². The first-order valence-electron chi connectivity index (χ1n) is 5.07. The van der Waals surface area contributed by atoms with E-state index in [4.69, 9.17) is 23.2 Å². The zero-order valence-corrected chi connectivity index (χ0v) is 11.2. The number of carbonyl (C=O) groups excluding carboxylic acids is 2. The molecule has 1 aromatic rings. The number of halogens is 2. The van der Waals surface area contributed by atoms with Gasteiger partial charge in [0.2, 0.25) is 5.91 Å². The standard InChI is InChI=1S/C12H13Cl2NO2/c1-8(16)3-12(17)15(2)7-9-4-10(13)6-11(14)5-9/h4-6H,3,7H2,1-2H3. The van der Waals surface area contributed by atoms with Crippen LogP contribution in [-0.4, -0.2) is 23.6 Å². The minimum Gasteiger partial charge on any atom is -0.341 e. The van der Waals surface area contributed by atoms with Gasteiger partial charge in [-0.3, -0.25) is 9.59 Å². The maximum atomic E-state index is 11.6. The number of carbonyl (C=O) groups is 2. The van der Waals surface area contributed by atoms with Gasteiger partial charge >= 0.3 is 0 Å². The Labute approximate surface area is 110 Å². The van der Waals surface area contributed by atoms with Gasteiger partial charge in [-0.05, 0) is 30.7 Å². The molecule has 0 fully saturated rings. The Morgan fingerprint density at radius 3 is 2.18 bits per heavy atom. The van der Waals surface area contributed by atoms with Gasteiger partial charge in [0.25, 0.3) is 0 Å². The van der Waals surface area contributed by atoms with Gasteiger partial charge in [-0.15, -0.1) is 0 Å². The number of benzene rings is 1. The SMILES string of the molecule is CC(=O)CC(=O)N(C)Cc1cc(Cl)cc(Cl)c1. The van der Waals surface area contributed by atoms with Gasteiger partial charge in [0, 0.05) is 23.6 Å². The van der Waals surface area contributed by atoms with E-state index in [1.807, 2.05) is 0 Å². The number of hydrogen-bond acceptors (Lipinski definition) is 2. The molecule has 0 aliphatic rings. The van der Waals surface area contributed by atoms with E-state index in [0.717, 1.165) is 5.56 Å². The smallest absolute Gasteiger partial charge is 0.230 e. The van der Waals surface area contributed by atoms with Crippen LogP contribution < -0.4 is 0 Å². The van der Waals surface area contributed by atoms with Crippen molar-refractivity contribution in [2.75, 3.05) is 7.05 Å². The monoisotopic (exact) mass is 273 g/mol. The quantitative estimate of drug-likeness (QED) is 0.791. The average molecular weight is 274 g/mol. The fourth-order valence-corrected chi connectivity index (χ4v) is 1.98. The molecule has 0 N–H and O–H groups in total. The minimum atomic E-state index is -0.214. The molecular weight excluding hydrogens is 261 g/mol. The van der Waals surface area contributed by atoms with E-state index in [1.165, 1.54) is 11.8 Å². The number of hydrogen-bond donors (Lipinski definition) is 0. The molecule has 0 saturated heterocycles. The second kappa shape index (κ2) is 6.03. The Morgan fingerprint density at radius 1 is 1.18 bits per heavy atom. The van der Waals surface area contributed by atoms with E-state index < -0.39 is 0 Å². The first-order valence-corrected chi connectivity index (χ1v) is 5.82. The van der Waals surface area contributed by atoms with Crippen LogP contribution in [0.15, 0.2) is 18.2 Å². The van der Waals surface area contributed by atoms with E-state index in [1.54, 1.807) is 25.2 Å². The highest BCUT2D eigenvalue weighted by molar-refractivity contribution is 6.34. The summed E-state index contributed by atoms with van der Waals surface area (Å²) < 4.78 is 0. The summed E-state index contributed by atoms with van der Waals surface area (Å²) in [5.74, 6) is -0.362. The summed E-state index contributed by atoms with van der Waals surface area (Å²) in [5.41, 5.74) is 0.835. The van der Waals surface area contributed by atoms with Crippen molar-refractivity contribution in [3.8, 4) is 0 Å². The number of rotatable bonds is 4. The molecular formula is C12H13Cl2NO2. The lowest BCUT2D eigenvalue weighted by Gasteiger charge is -2.16. The van der Waals surface area contributed by atoms with Crippen LogP contribution in [0, 0.1) is 0 Å².